The molecule has 0 amide bonds. The van der Waals surface area contributed by atoms with Gasteiger partial charge in [-0.25, -0.2) is 0 Å². The van der Waals surface area contributed by atoms with Crippen LogP contribution in [-0.2, 0) is 6.42 Å². The van der Waals surface area contributed by atoms with Crippen LogP contribution in [0.4, 0.5) is 0 Å². The van der Waals surface area contributed by atoms with Gasteiger partial charge in [0.2, 0.25) is 0 Å². The predicted octanol–water partition coefficient (Wildman–Crippen LogP) is 9.59. The Hall–Kier alpha value is -2.24. The molecule has 1 saturated carbocycles. The summed E-state index contributed by atoms with van der Waals surface area (Å²) in [6.45, 7) is 29.6. The first-order chi connectivity index (χ1) is 22.1. The SMILES string of the molecule is C=C(N[C@@H](CCC)C(=C)N[C@@H](CC1CCCCC1)C(O)CCCC(C)C)[C@@H](CC(=C)N(C)CCN)Cc1ccccc1.CC.CC. The number of rotatable bonds is 22. The summed E-state index contributed by atoms with van der Waals surface area (Å²) < 4.78 is 0. The van der Waals surface area contributed by atoms with Gasteiger partial charge in [-0.2, -0.15) is 0 Å². The molecule has 1 unspecified atom stereocenters. The predicted molar refractivity (Wildman–Crippen MR) is 205 cm³/mol. The normalized spacial score (nSPS) is 15.6. The van der Waals surface area contributed by atoms with Crippen LogP contribution in [0.5, 0.6) is 0 Å². The molecule has 266 valence electrons. The fraction of sp³-hybridized carbons (Fsp3) is 0.707. The molecule has 0 radical (unpaired) electrons. The third-order valence-corrected chi connectivity index (χ3v) is 9.09. The van der Waals surface area contributed by atoms with Crippen LogP contribution in [0.25, 0.3) is 0 Å². The summed E-state index contributed by atoms with van der Waals surface area (Å²) in [5.74, 6) is 1.53. The zero-order valence-electron chi connectivity index (χ0n) is 31.6. The van der Waals surface area contributed by atoms with Gasteiger partial charge < -0.3 is 26.4 Å². The summed E-state index contributed by atoms with van der Waals surface area (Å²) in [7, 11) is 2.07. The lowest BCUT2D eigenvalue weighted by Crippen LogP contribution is -2.46. The van der Waals surface area contributed by atoms with Crippen molar-refractivity contribution in [3.05, 3.63) is 72.7 Å². The first-order valence-corrected chi connectivity index (χ1v) is 18.9. The minimum atomic E-state index is -0.361. The Balaban J connectivity index is 0.00000486. The minimum absolute atomic E-state index is 0.0342. The summed E-state index contributed by atoms with van der Waals surface area (Å²) >= 11 is 0. The van der Waals surface area contributed by atoms with Crippen molar-refractivity contribution >= 4 is 0 Å². The number of benzene rings is 1. The van der Waals surface area contributed by atoms with E-state index in [1.165, 1.54) is 37.7 Å². The van der Waals surface area contributed by atoms with Gasteiger partial charge >= 0.3 is 0 Å². The number of nitrogens with two attached hydrogens (primary N) is 1. The zero-order chi connectivity index (χ0) is 34.9. The molecule has 5 N–H and O–H groups in total. The highest BCUT2D eigenvalue weighted by molar-refractivity contribution is 5.20. The van der Waals surface area contributed by atoms with Gasteiger partial charge in [-0.1, -0.05) is 150 Å². The quantitative estimate of drug-likeness (QED) is 0.102. The van der Waals surface area contributed by atoms with Crippen molar-refractivity contribution in [3.8, 4) is 0 Å². The third kappa shape index (κ3) is 18.2. The van der Waals surface area contributed by atoms with Gasteiger partial charge in [-0.05, 0) is 49.5 Å². The monoisotopic (exact) mass is 641 g/mol. The molecule has 2 rings (SSSR count). The van der Waals surface area contributed by atoms with E-state index in [4.69, 9.17) is 5.73 Å². The van der Waals surface area contributed by atoms with E-state index in [1.807, 2.05) is 27.7 Å². The highest BCUT2D eigenvalue weighted by Crippen LogP contribution is 2.30. The van der Waals surface area contributed by atoms with E-state index in [0.29, 0.717) is 18.4 Å². The third-order valence-electron chi connectivity index (χ3n) is 9.09. The molecule has 1 aliphatic carbocycles. The molecular formula is C41H76N4O. The molecule has 1 aliphatic rings. The zero-order valence-corrected chi connectivity index (χ0v) is 31.6. The van der Waals surface area contributed by atoms with Gasteiger partial charge in [0, 0.05) is 43.1 Å². The van der Waals surface area contributed by atoms with Crippen LogP contribution < -0.4 is 16.4 Å². The van der Waals surface area contributed by atoms with Crippen LogP contribution in [-0.4, -0.2) is 48.3 Å². The molecule has 1 aromatic carbocycles. The van der Waals surface area contributed by atoms with E-state index in [9.17, 15) is 5.11 Å². The fourth-order valence-corrected chi connectivity index (χ4v) is 6.34. The molecular weight excluding hydrogens is 564 g/mol. The van der Waals surface area contributed by atoms with Crippen LogP contribution in [0.2, 0.25) is 0 Å². The number of aliphatic hydroxyl groups excluding tert-OH is 1. The minimum Gasteiger partial charge on any atom is -0.391 e. The summed E-state index contributed by atoms with van der Waals surface area (Å²) in [4.78, 5) is 2.16. The van der Waals surface area contributed by atoms with E-state index in [0.717, 1.165) is 75.0 Å². The van der Waals surface area contributed by atoms with Crippen LogP contribution >= 0.6 is 0 Å². The second kappa shape index (κ2) is 26.8. The molecule has 1 fully saturated rings. The second-order valence-electron chi connectivity index (χ2n) is 13.3. The maximum Gasteiger partial charge on any atom is 0.0741 e. The van der Waals surface area contributed by atoms with Crippen LogP contribution in [0.3, 0.4) is 0 Å². The Labute approximate surface area is 286 Å². The Kier molecular flexibility index (Phi) is 25.5. The smallest absolute Gasteiger partial charge is 0.0741 e. The van der Waals surface area contributed by atoms with Crippen molar-refractivity contribution in [1.29, 1.82) is 0 Å². The topological polar surface area (TPSA) is 73.5 Å². The van der Waals surface area contributed by atoms with Gasteiger partial charge in [0.15, 0.2) is 0 Å². The molecule has 0 spiro atoms. The lowest BCUT2D eigenvalue weighted by molar-refractivity contribution is 0.100. The van der Waals surface area contributed by atoms with Crippen molar-refractivity contribution in [3.63, 3.8) is 0 Å². The average Bonchev–Trinajstić information content (AvgIpc) is 3.06. The van der Waals surface area contributed by atoms with Crippen LogP contribution in [0, 0.1) is 17.8 Å². The van der Waals surface area contributed by atoms with Crippen LogP contribution in [0.15, 0.2) is 67.2 Å². The average molecular weight is 641 g/mol. The first kappa shape index (κ1) is 43.8. The standard InChI is InChI=1S/C37H64N4O.2C2H6/c1-8-16-35(31(6)40-36(27-33-20-13-10-14-21-33)37(42)22-15-17-28(2)3)39-30(5)34(25-29(4)41(7)24-23-38)26-32-18-11-9-12-19-32;2*1-2/h9,11-12,18-19,28,33-37,39-40,42H,4-6,8,10,13-17,20-27,38H2,1-3,7H3;2*1-2H3/t34-,35-,36-,37?;;/m0../s1. The Morgan fingerprint density at radius 2 is 1.57 bits per heavy atom. The fourth-order valence-electron chi connectivity index (χ4n) is 6.34. The lowest BCUT2D eigenvalue weighted by Gasteiger charge is -2.35. The van der Waals surface area contributed by atoms with Crippen molar-refractivity contribution in [1.82, 2.24) is 15.5 Å². The van der Waals surface area contributed by atoms with Crippen LogP contribution in [0.1, 0.15) is 131 Å². The number of hydrogen-bond acceptors (Lipinski definition) is 5. The maximum atomic E-state index is 11.4. The molecule has 0 aliphatic heterocycles. The highest BCUT2D eigenvalue weighted by atomic mass is 16.3. The number of allylic oxidation sites excluding steroid dienone is 2. The van der Waals surface area contributed by atoms with Gasteiger partial charge in [-0.3, -0.25) is 0 Å². The maximum absolute atomic E-state index is 11.4. The van der Waals surface area contributed by atoms with E-state index >= 15 is 0 Å². The van der Waals surface area contributed by atoms with Gasteiger partial charge in [0.05, 0.1) is 18.2 Å². The van der Waals surface area contributed by atoms with E-state index in [1.54, 1.807) is 0 Å². The molecule has 4 atom stereocenters. The van der Waals surface area contributed by atoms with Gasteiger partial charge in [-0.15, -0.1) is 0 Å². The Bertz CT molecular complexity index is 908. The Morgan fingerprint density at radius 1 is 0.935 bits per heavy atom. The lowest BCUT2D eigenvalue weighted by atomic mass is 9.83. The highest BCUT2D eigenvalue weighted by Gasteiger charge is 2.27. The van der Waals surface area contributed by atoms with Crippen molar-refractivity contribution in [2.24, 2.45) is 23.5 Å². The molecule has 0 heterocycles. The number of nitrogens with one attached hydrogen (secondary N) is 2. The largest absolute Gasteiger partial charge is 0.391 e. The summed E-state index contributed by atoms with van der Waals surface area (Å²) in [5.41, 5.74) is 10.2. The number of aliphatic hydroxyl groups is 1. The van der Waals surface area contributed by atoms with Crippen molar-refractivity contribution in [2.45, 2.75) is 150 Å². The molecule has 1 aromatic rings. The molecule has 0 bridgehead atoms. The molecule has 0 aromatic heterocycles. The molecule has 5 nitrogen and oxygen atoms in total. The summed E-state index contributed by atoms with van der Waals surface area (Å²) in [5, 5.41) is 18.9. The van der Waals surface area contributed by atoms with E-state index < -0.39 is 0 Å². The Morgan fingerprint density at radius 3 is 2.13 bits per heavy atom. The number of likely N-dealkylation sites (N-methyl/N-ethyl adjacent to an activating group) is 1. The molecule has 46 heavy (non-hydrogen) atoms. The summed E-state index contributed by atoms with van der Waals surface area (Å²) in [6, 6.07) is 10.7. The first-order valence-electron chi connectivity index (χ1n) is 18.9. The van der Waals surface area contributed by atoms with Gasteiger partial charge in [0.25, 0.3) is 0 Å². The second-order valence-corrected chi connectivity index (χ2v) is 13.3. The van der Waals surface area contributed by atoms with Crippen molar-refractivity contribution < 1.29 is 5.11 Å². The van der Waals surface area contributed by atoms with Gasteiger partial charge in [0.1, 0.15) is 0 Å². The van der Waals surface area contributed by atoms with Crippen molar-refractivity contribution in [2.75, 3.05) is 20.1 Å². The summed E-state index contributed by atoms with van der Waals surface area (Å²) in [6.07, 6.45) is 13.9. The van der Waals surface area contributed by atoms with E-state index in [2.05, 4.69) is 93.4 Å². The number of hydrogen-bond donors (Lipinski definition) is 4. The number of nitrogens with zero attached hydrogens (tertiary/aromatic N) is 1. The molecule has 0 saturated heterocycles. The van der Waals surface area contributed by atoms with E-state index in [-0.39, 0.29) is 24.1 Å². The molecule has 5 heteroatoms.